The highest BCUT2D eigenvalue weighted by molar-refractivity contribution is 5.92. The molecule has 5 nitrogen and oxygen atoms in total. The van der Waals surface area contributed by atoms with Crippen molar-refractivity contribution in [2.24, 2.45) is 0 Å². The monoisotopic (exact) mass is 300 g/mol. The van der Waals surface area contributed by atoms with E-state index in [9.17, 15) is 9.90 Å². The molecule has 1 N–H and O–H groups in total. The van der Waals surface area contributed by atoms with Gasteiger partial charge in [-0.1, -0.05) is 19.4 Å². The fraction of sp³-hybridized carbons (Fsp3) is 0.294. The molecule has 0 fully saturated rings. The minimum atomic E-state index is -0.880. The Hall–Kier alpha value is -2.56. The van der Waals surface area contributed by atoms with Crippen molar-refractivity contribution in [2.75, 3.05) is 7.11 Å². The van der Waals surface area contributed by atoms with E-state index in [1.165, 1.54) is 0 Å². The van der Waals surface area contributed by atoms with Crippen molar-refractivity contribution in [1.82, 2.24) is 9.55 Å². The molecule has 0 spiro atoms. The fourth-order valence-electron chi connectivity index (χ4n) is 2.26. The highest BCUT2D eigenvalue weighted by Gasteiger charge is 2.09. The molecular weight excluding hydrogens is 280 g/mol. The fourth-order valence-corrected chi connectivity index (χ4v) is 2.26. The summed E-state index contributed by atoms with van der Waals surface area (Å²) in [4.78, 5) is 15.4. The number of ether oxygens (including phenoxy) is 1. The quantitative estimate of drug-likeness (QED) is 0.830. The van der Waals surface area contributed by atoms with Gasteiger partial charge in [0, 0.05) is 11.8 Å². The number of nitrogens with zero attached hydrogens (tertiary/aromatic N) is 2. The first-order valence-corrected chi connectivity index (χ1v) is 7.18. The second-order valence-electron chi connectivity index (χ2n) is 5.08. The van der Waals surface area contributed by atoms with E-state index in [0.717, 1.165) is 23.4 Å². The lowest BCUT2D eigenvalue weighted by atomic mass is 10.1. The van der Waals surface area contributed by atoms with E-state index in [2.05, 4.69) is 4.98 Å². The third-order valence-corrected chi connectivity index (χ3v) is 3.33. The van der Waals surface area contributed by atoms with Crippen LogP contribution in [0.2, 0.25) is 0 Å². The summed E-state index contributed by atoms with van der Waals surface area (Å²) in [6, 6.07) is 5.62. The predicted molar refractivity (Wildman–Crippen MR) is 85.4 cm³/mol. The van der Waals surface area contributed by atoms with Crippen LogP contribution in [0.15, 0.2) is 36.3 Å². The molecular formula is C17H20N2O3. The summed E-state index contributed by atoms with van der Waals surface area (Å²) >= 11 is 0. The Kier molecular flexibility index (Phi) is 4.99. The van der Waals surface area contributed by atoms with Gasteiger partial charge in [-0.05, 0) is 37.1 Å². The van der Waals surface area contributed by atoms with Gasteiger partial charge in [0.05, 0.1) is 24.8 Å². The van der Waals surface area contributed by atoms with Gasteiger partial charge in [0.15, 0.2) is 0 Å². The van der Waals surface area contributed by atoms with Gasteiger partial charge in [0.1, 0.15) is 5.75 Å². The SMILES string of the molecule is CCCC(=Cc1ccc(-n2cnc(C)c2)c(OC)c1)C(=O)O. The van der Waals surface area contributed by atoms with E-state index < -0.39 is 5.97 Å². The molecule has 5 heteroatoms. The highest BCUT2D eigenvalue weighted by atomic mass is 16.5. The van der Waals surface area contributed by atoms with Crippen molar-refractivity contribution in [1.29, 1.82) is 0 Å². The number of benzene rings is 1. The molecule has 22 heavy (non-hydrogen) atoms. The molecule has 0 saturated heterocycles. The summed E-state index contributed by atoms with van der Waals surface area (Å²) in [6.07, 6.45) is 6.66. The summed E-state index contributed by atoms with van der Waals surface area (Å²) in [6.45, 7) is 3.88. The van der Waals surface area contributed by atoms with Crippen molar-refractivity contribution >= 4 is 12.0 Å². The predicted octanol–water partition coefficient (Wildman–Crippen LogP) is 3.46. The Labute approximate surface area is 129 Å². The molecule has 2 aromatic rings. The first-order valence-electron chi connectivity index (χ1n) is 7.18. The van der Waals surface area contributed by atoms with Crippen LogP contribution in [0, 0.1) is 6.92 Å². The number of aliphatic carboxylic acids is 1. The van der Waals surface area contributed by atoms with E-state index in [1.54, 1.807) is 19.5 Å². The zero-order valence-corrected chi connectivity index (χ0v) is 13.0. The Morgan fingerprint density at radius 3 is 2.77 bits per heavy atom. The standard InChI is InChI=1S/C17H20N2O3/c1-4-5-14(17(20)21)8-13-6-7-15(16(9-13)22-3)19-10-12(2)18-11-19/h6-11H,4-5H2,1-3H3,(H,20,21). The zero-order chi connectivity index (χ0) is 16.1. The average molecular weight is 300 g/mol. The van der Waals surface area contributed by atoms with Crippen molar-refractivity contribution in [3.05, 3.63) is 47.6 Å². The zero-order valence-electron chi connectivity index (χ0n) is 13.0. The van der Waals surface area contributed by atoms with Crippen LogP contribution in [-0.2, 0) is 4.79 Å². The second kappa shape index (κ2) is 6.93. The smallest absolute Gasteiger partial charge is 0.331 e. The van der Waals surface area contributed by atoms with Crippen molar-refractivity contribution in [3.63, 3.8) is 0 Å². The van der Waals surface area contributed by atoms with Gasteiger partial charge in [-0.2, -0.15) is 0 Å². The minimum absolute atomic E-state index is 0.399. The number of methoxy groups -OCH3 is 1. The van der Waals surface area contributed by atoms with Crippen molar-refractivity contribution in [3.8, 4) is 11.4 Å². The first-order chi connectivity index (χ1) is 10.5. The Morgan fingerprint density at radius 1 is 1.45 bits per heavy atom. The Bertz CT molecular complexity index is 702. The van der Waals surface area contributed by atoms with Crippen LogP contribution >= 0.6 is 0 Å². The maximum atomic E-state index is 11.2. The number of rotatable bonds is 6. The maximum Gasteiger partial charge on any atom is 0.331 e. The number of hydrogen-bond donors (Lipinski definition) is 1. The summed E-state index contributed by atoms with van der Waals surface area (Å²) in [5.41, 5.74) is 2.99. The third-order valence-electron chi connectivity index (χ3n) is 3.33. The molecule has 0 amide bonds. The van der Waals surface area contributed by atoms with E-state index in [0.29, 0.717) is 17.7 Å². The Morgan fingerprint density at radius 2 is 2.23 bits per heavy atom. The Balaban J connectivity index is 2.40. The highest BCUT2D eigenvalue weighted by Crippen LogP contribution is 2.26. The van der Waals surface area contributed by atoms with Crippen LogP contribution in [0.5, 0.6) is 5.75 Å². The molecule has 1 aromatic carbocycles. The van der Waals surface area contributed by atoms with E-state index in [-0.39, 0.29) is 0 Å². The van der Waals surface area contributed by atoms with Crippen molar-refractivity contribution in [2.45, 2.75) is 26.7 Å². The topological polar surface area (TPSA) is 64.4 Å². The minimum Gasteiger partial charge on any atom is -0.495 e. The van der Waals surface area contributed by atoms with Crippen LogP contribution in [-0.4, -0.2) is 27.7 Å². The summed E-state index contributed by atoms with van der Waals surface area (Å²) in [5, 5.41) is 9.22. The molecule has 0 aliphatic rings. The van der Waals surface area contributed by atoms with E-state index in [4.69, 9.17) is 4.74 Å². The molecule has 1 heterocycles. The molecule has 1 aromatic heterocycles. The number of imidazole rings is 1. The molecule has 0 aliphatic carbocycles. The number of carbonyl (C=O) groups is 1. The average Bonchev–Trinajstić information content (AvgIpc) is 2.92. The van der Waals surface area contributed by atoms with Gasteiger partial charge in [-0.25, -0.2) is 9.78 Å². The van der Waals surface area contributed by atoms with Gasteiger partial charge < -0.3 is 14.4 Å². The number of carboxylic acids is 1. The van der Waals surface area contributed by atoms with Crippen LogP contribution < -0.4 is 4.74 Å². The lowest BCUT2D eigenvalue weighted by Gasteiger charge is -2.10. The molecule has 0 radical (unpaired) electrons. The largest absolute Gasteiger partial charge is 0.495 e. The van der Waals surface area contributed by atoms with Crippen LogP contribution in [0.4, 0.5) is 0 Å². The molecule has 0 atom stereocenters. The van der Waals surface area contributed by atoms with Gasteiger partial charge in [0.25, 0.3) is 0 Å². The normalized spacial score (nSPS) is 11.5. The summed E-state index contributed by atoms with van der Waals surface area (Å²) in [5.74, 6) is -0.206. The molecule has 0 unspecified atom stereocenters. The van der Waals surface area contributed by atoms with E-state index in [1.807, 2.05) is 42.8 Å². The number of aryl methyl sites for hydroxylation is 1. The number of hydrogen-bond acceptors (Lipinski definition) is 3. The lowest BCUT2D eigenvalue weighted by molar-refractivity contribution is -0.132. The molecule has 0 saturated carbocycles. The van der Waals surface area contributed by atoms with Crippen LogP contribution in [0.1, 0.15) is 31.0 Å². The van der Waals surface area contributed by atoms with Crippen LogP contribution in [0.3, 0.4) is 0 Å². The lowest BCUT2D eigenvalue weighted by Crippen LogP contribution is -2.00. The number of aromatic nitrogens is 2. The first kappa shape index (κ1) is 15.8. The molecule has 116 valence electrons. The van der Waals surface area contributed by atoms with Gasteiger partial charge in [-0.15, -0.1) is 0 Å². The van der Waals surface area contributed by atoms with Gasteiger partial charge in [-0.3, -0.25) is 0 Å². The maximum absolute atomic E-state index is 11.2. The molecule has 0 bridgehead atoms. The van der Waals surface area contributed by atoms with Gasteiger partial charge in [0.2, 0.25) is 0 Å². The third kappa shape index (κ3) is 3.55. The van der Waals surface area contributed by atoms with Crippen molar-refractivity contribution < 1.29 is 14.6 Å². The number of carboxylic acid groups (broad SMARTS) is 1. The molecule has 0 aliphatic heterocycles. The second-order valence-corrected chi connectivity index (χ2v) is 5.08. The van der Waals surface area contributed by atoms with Crippen LogP contribution in [0.25, 0.3) is 11.8 Å². The van der Waals surface area contributed by atoms with E-state index >= 15 is 0 Å². The van der Waals surface area contributed by atoms with Gasteiger partial charge >= 0.3 is 5.97 Å². The molecule has 2 rings (SSSR count). The summed E-state index contributed by atoms with van der Waals surface area (Å²) < 4.78 is 7.31. The summed E-state index contributed by atoms with van der Waals surface area (Å²) in [7, 11) is 1.60.